The predicted molar refractivity (Wildman–Crippen MR) is 77.1 cm³/mol. The number of nitrogens with zero attached hydrogens (tertiary/aromatic N) is 6. The number of hydrogen-bond acceptors (Lipinski definition) is 5. The Kier molecular flexibility index (Phi) is 3.42. The van der Waals surface area contributed by atoms with E-state index in [2.05, 4.69) is 20.6 Å². The first-order valence-electron chi connectivity index (χ1n) is 5.84. The summed E-state index contributed by atoms with van der Waals surface area (Å²) < 4.78 is 1.39. The third kappa shape index (κ3) is 2.52. The molecule has 2 aromatic heterocycles. The van der Waals surface area contributed by atoms with E-state index in [0.717, 1.165) is 11.4 Å². The zero-order valence-corrected chi connectivity index (χ0v) is 12.0. The highest BCUT2D eigenvalue weighted by Gasteiger charge is 2.07. The molecule has 0 saturated heterocycles. The van der Waals surface area contributed by atoms with Gasteiger partial charge in [-0.1, -0.05) is 29.3 Å². The standard InChI is InChI=1S/C12H10Cl2N6/c1-19(7-8-2-3-9(13)10(14)6-8)12-5-4-11-15-17-18-20(11)16-12/h2-6H,7H2,1H3. The van der Waals surface area contributed by atoms with E-state index in [1.54, 1.807) is 6.07 Å². The van der Waals surface area contributed by atoms with E-state index >= 15 is 0 Å². The second kappa shape index (κ2) is 5.22. The van der Waals surface area contributed by atoms with Gasteiger partial charge in [0.05, 0.1) is 10.0 Å². The monoisotopic (exact) mass is 308 g/mol. The zero-order valence-electron chi connectivity index (χ0n) is 10.5. The maximum atomic E-state index is 6.01. The van der Waals surface area contributed by atoms with Crippen LogP contribution in [0.3, 0.4) is 0 Å². The molecule has 0 spiro atoms. The van der Waals surface area contributed by atoms with Crippen molar-refractivity contribution in [2.24, 2.45) is 0 Å². The largest absolute Gasteiger partial charge is 0.354 e. The zero-order chi connectivity index (χ0) is 14.1. The molecule has 0 aliphatic rings. The first kappa shape index (κ1) is 13.1. The van der Waals surface area contributed by atoms with Crippen molar-refractivity contribution >= 4 is 34.7 Å². The first-order chi connectivity index (χ1) is 9.63. The van der Waals surface area contributed by atoms with E-state index in [1.807, 2.05) is 36.2 Å². The Hall–Kier alpha value is -1.92. The van der Waals surface area contributed by atoms with Gasteiger partial charge in [0.1, 0.15) is 0 Å². The summed E-state index contributed by atoms with van der Waals surface area (Å²) in [6.07, 6.45) is 0. The third-order valence-corrected chi connectivity index (χ3v) is 3.59. The molecule has 0 fully saturated rings. The molecule has 0 unspecified atom stereocenters. The maximum Gasteiger partial charge on any atom is 0.200 e. The Morgan fingerprint density at radius 1 is 1.15 bits per heavy atom. The number of benzene rings is 1. The lowest BCUT2D eigenvalue weighted by Crippen LogP contribution is -2.18. The lowest BCUT2D eigenvalue weighted by Gasteiger charge is -2.18. The summed E-state index contributed by atoms with van der Waals surface area (Å²) >= 11 is 11.9. The minimum absolute atomic E-state index is 0.543. The highest BCUT2D eigenvalue weighted by molar-refractivity contribution is 6.42. The van der Waals surface area contributed by atoms with Crippen LogP contribution in [0.15, 0.2) is 30.3 Å². The number of halogens is 2. The van der Waals surface area contributed by atoms with Gasteiger partial charge in [-0.3, -0.25) is 0 Å². The lowest BCUT2D eigenvalue weighted by atomic mass is 10.2. The van der Waals surface area contributed by atoms with E-state index in [4.69, 9.17) is 23.2 Å². The molecule has 102 valence electrons. The van der Waals surface area contributed by atoms with Gasteiger partial charge in [0.25, 0.3) is 0 Å². The van der Waals surface area contributed by atoms with Crippen molar-refractivity contribution in [2.75, 3.05) is 11.9 Å². The van der Waals surface area contributed by atoms with Crippen LogP contribution in [-0.4, -0.2) is 32.3 Å². The molecule has 0 bridgehead atoms. The van der Waals surface area contributed by atoms with Crippen LogP contribution in [0.4, 0.5) is 5.82 Å². The smallest absolute Gasteiger partial charge is 0.200 e. The predicted octanol–water partition coefficient (Wildman–Crippen LogP) is 2.46. The Morgan fingerprint density at radius 3 is 2.80 bits per heavy atom. The van der Waals surface area contributed by atoms with Crippen LogP contribution in [0.25, 0.3) is 5.65 Å². The molecule has 6 nitrogen and oxygen atoms in total. The van der Waals surface area contributed by atoms with Gasteiger partial charge in [0.15, 0.2) is 11.5 Å². The molecule has 0 aliphatic carbocycles. The fourth-order valence-corrected chi connectivity index (χ4v) is 2.16. The minimum atomic E-state index is 0.543. The van der Waals surface area contributed by atoms with E-state index < -0.39 is 0 Å². The van der Waals surface area contributed by atoms with Crippen molar-refractivity contribution in [1.82, 2.24) is 25.3 Å². The number of fused-ring (bicyclic) bond motifs is 1. The van der Waals surface area contributed by atoms with Crippen LogP contribution in [0.5, 0.6) is 0 Å². The topological polar surface area (TPSA) is 59.2 Å². The number of hydrogen-bond donors (Lipinski definition) is 0. The molecule has 0 atom stereocenters. The Balaban J connectivity index is 1.84. The molecule has 3 aromatic rings. The third-order valence-electron chi connectivity index (χ3n) is 2.85. The van der Waals surface area contributed by atoms with Crippen molar-refractivity contribution < 1.29 is 0 Å². The highest BCUT2D eigenvalue weighted by atomic mass is 35.5. The summed E-state index contributed by atoms with van der Waals surface area (Å²) in [6.45, 7) is 0.650. The summed E-state index contributed by atoms with van der Waals surface area (Å²) in [5.41, 5.74) is 1.65. The maximum absolute atomic E-state index is 6.01. The Morgan fingerprint density at radius 2 is 2.00 bits per heavy atom. The Labute approximate surface area is 124 Å². The van der Waals surface area contributed by atoms with Gasteiger partial charge in [-0.2, -0.15) is 0 Å². The summed E-state index contributed by atoms with van der Waals surface area (Å²) in [7, 11) is 1.93. The van der Waals surface area contributed by atoms with Crippen molar-refractivity contribution in [3.63, 3.8) is 0 Å². The molecule has 0 N–H and O–H groups in total. The van der Waals surface area contributed by atoms with Gasteiger partial charge in [0.2, 0.25) is 0 Å². The van der Waals surface area contributed by atoms with E-state index in [0.29, 0.717) is 22.2 Å². The lowest BCUT2D eigenvalue weighted by molar-refractivity contribution is 0.720. The van der Waals surface area contributed by atoms with Crippen LogP contribution in [0.2, 0.25) is 10.0 Å². The van der Waals surface area contributed by atoms with E-state index in [-0.39, 0.29) is 0 Å². The highest BCUT2D eigenvalue weighted by Crippen LogP contribution is 2.23. The molecule has 0 radical (unpaired) electrons. The van der Waals surface area contributed by atoms with E-state index in [1.165, 1.54) is 4.63 Å². The first-order valence-corrected chi connectivity index (χ1v) is 6.59. The number of tetrazole rings is 1. The number of rotatable bonds is 3. The second-order valence-electron chi connectivity index (χ2n) is 4.32. The van der Waals surface area contributed by atoms with Gasteiger partial charge in [0, 0.05) is 13.6 Å². The molecule has 0 saturated carbocycles. The fourth-order valence-electron chi connectivity index (χ4n) is 1.84. The van der Waals surface area contributed by atoms with Gasteiger partial charge in [-0.15, -0.1) is 14.8 Å². The van der Waals surface area contributed by atoms with Crippen LogP contribution < -0.4 is 4.90 Å². The van der Waals surface area contributed by atoms with Crippen LogP contribution >= 0.6 is 23.2 Å². The summed E-state index contributed by atoms with van der Waals surface area (Å²) in [6, 6.07) is 9.23. The van der Waals surface area contributed by atoms with E-state index in [9.17, 15) is 0 Å². The fraction of sp³-hybridized carbons (Fsp3) is 0.167. The average Bonchev–Trinajstić information content (AvgIpc) is 2.90. The molecular weight excluding hydrogens is 299 g/mol. The quantitative estimate of drug-likeness (QED) is 0.744. The van der Waals surface area contributed by atoms with Crippen molar-refractivity contribution in [3.8, 4) is 0 Å². The molecule has 0 amide bonds. The molecule has 8 heteroatoms. The van der Waals surface area contributed by atoms with Gasteiger partial charge >= 0.3 is 0 Å². The van der Waals surface area contributed by atoms with Crippen molar-refractivity contribution in [2.45, 2.75) is 6.54 Å². The van der Waals surface area contributed by atoms with Crippen molar-refractivity contribution in [1.29, 1.82) is 0 Å². The Bertz CT molecular complexity index is 757. The molecule has 1 aromatic carbocycles. The molecule has 0 aliphatic heterocycles. The van der Waals surface area contributed by atoms with Crippen molar-refractivity contribution in [3.05, 3.63) is 45.9 Å². The SMILES string of the molecule is CN(Cc1ccc(Cl)c(Cl)c1)c1ccc2nnnn2n1. The van der Waals surface area contributed by atoms with Gasteiger partial charge in [-0.05, 0) is 40.3 Å². The summed E-state index contributed by atoms with van der Waals surface area (Å²) in [5.74, 6) is 0.760. The number of anilines is 1. The molecule has 20 heavy (non-hydrogen) atoms. The second-order valence-corrected chi connectivity index (χ2v) is 5.14. The molecule has 2 heterocycles. The average molecular weight is 309 g/mol. The van der Waals surface area contributed by atoms with Crippen LogP contribution in [0.1, 0.15) is 5.56 Å². The van der Waals surface area contributed by atoms with Gasteiger partial charge < -0.3 is 4.90 Å². The van der Waals surface area contributed by atoms with Gasteiger partial charge in [-0.25, -0.2) is 0 Å². The van der Waals surface area contributed by atoms with Crippen LogP contribution in [0, 0.1) is 0 Å². The van der Waals surface area contributed by atoms with Crippen LogP contribution in [-0.2, 0) is 6.54 Å². The molecule has 3 rings (SSSR count). The normalized spacial score (nSPS) is 10.9. The number of aromatic nitrogens is 5. The summed E-state index contributed by atoms with van der Waals surface area (Å²) in [5, 5.41) is 16.6. The minimum Gasteiger partial charge on any atom is -0.354 e. The summed E-state index contributed by atoms with van der Waals surface area (Å²) in [4.78, 5) is 1.97. The molecular formula is C12H10Cl2N6.